The number of thiazole rings is 3. The maximum absolute atomic E-state index is 14.0. The number of hydrogen-bond donors (Lipinski definition) is 4. The number of cyclic esters (lactones) is 3. The lowest BCUT2D eigenvalue weighted by molar-refractivity contribution is -0.155. The van der Waals surface area contributed by atoms with Gasteiger partial charge in [0.1, 0.15) is 35.7 Å². The van der Waals surface area contributed by atoms with Gasteiger partial charge in [0.2, 0.25) is 0 Å². The number of nitrogens with zero attached hydrogens (tertiary/aromatic N) is 3. The molecule has 116 heavy (non-hydrogen) atoms. The third-order valence-electron chi connectivity index (χ3n) is 24.3. The number of aliphatic hydroxyl groups is 4. The molecule has 3 aliphatic rings. The fourth-order valence-electron chi connectivity index (χ4n) is 13.6. The predicted octanol–water partition coefficient (Wildman–Crippen LogP) is 21.2. The summed E-state index contributed by atoms with van der Waals surface area (Å²) in [4.78, 5) is 94.2. The van der Waals surface area contributed by atoms with E-state index in [2.05, 4.69) is 121 Å². The Bertz CT molecular complexity index is 4080. The van der Waals surface area contributed by atoms with Crippen molar-refractivity contribution in [2.75, 3.05) is 0 Å². The molecule has 0 spiro atoms. The highest BCUT2D eigenvalue weighted by molar-refractivity contribution is 7.10. The summed E-state index contributed by atoms with van der Waals surface area (Å²) in [6.45, 7) is 61.0. The molecule has 3 aromatic rings. The molecule has 18 nitrogen and oxygen atoms in total. The number of aliphatic hydroxyl groups excluding tert-OH is 4. The molecule has 0 radical (unpaired) electrons. The van der Waals surface area contributed by atoms with Crippen molar-refractivity contribution in [2.45, 2.75) is 336 Å². The summed E-state index contributed by atoms with van der Waals surface area (Å²) in [5.74, 6) is -4.25. The summed E-state index contributed by atoms with van der Waals surface area (Å²) in [5.41, 5.74) is 5.15. The average molecular weight is 1700 g/mol. The normalized spacial score (nSPS) is 30.7. The van der Waals surface area contributed by atoms with Gasteiger partial charge in [0.25, 0.3) is 0 Å². The Morgan fingerprint density at radius 3 is 1.03 bits per heavy atom. The van der Waals surface area contributed by atoms with E-state index in [0.29, 0.717) is 32.1 Å². The topological polar surface area (TPSA) is 268 Å². The molecule has 0 amide bonds. The van der Waals surface area contributed by atoms with Crippen molar-refractivity contribution < 1.29 is 72.3 Å². The Labute approximate surface area is 710 Å². The second-order valence-electron chi connectivity index (χ2n) is 37.8. The first-order chi connectivity index (χ1) is 53.3. The summed E-state index contributed by atoms with van der Waals surface area (Å²) < 4.78 is 31.5. The van der Waals surface area contributed by atoms with Crippen molar-refractivity contribution in [3.05, 3.63) is 136 Å². The first-order valence-corrected chi connectivity index (χ1v) is 49.9. The average Bonchev–Trinajstić information content (AvgIpc) is 1.07. The minimum Gasteiger partial charge on any atom is -0.457 e. The number of esters is 3. The van der Waals surface area contributed by atoms with E-state index in [-0.39, 0.29) is 70.5 Å². The predicted molar refractivity (Wildman–Crippen MR) is 481 cm³/mol. The molecule has 3 aromatic heterocycles. The van der Waals surface area contributed by atoms with Gasteiger partial charge >= 0.3 is 17.9 Å². The molecule has 15 atom stereocenters. The van der Waals surface area contributed by atoms with Crippen molar-refractivity contribution in [3.8, 4) is 0 Å². The van der Waals surface area contributed by atoms with E-state index >= 15 is 0 Å². The first-order valence-electron chi connectivity index (χ1n) is 41.4. The van der Waals surface area contributed by atoms with E-state index in [0.717, 1.165) is 72.0 Å². The number of carbonyl (C=O) groups is 6. The number of allylic oxidation sites excluding steroid dienone is 6. The van der Waals surface area contributed by atoms with Gasteiger partial charge < -0.3 is 43.5 Å². The van der Waals surface area contributed by atoms with E-state index in [4.69, 9.17) is 23.1 Å². The minimum absolute atomic E-state index is 0.0128. The van der Waals surface area contributed by atoms with Gasteiger partial charge in [0, 0.05) is 70.4 Å². The molecule has 0 saturated carbocycles. The molecular formula is C93H145N3O15S3Si2. The van der Waals surface area contributed by atoms with Crippen LogP contribution in [-0.2, 0) is 51.8 Å². The van der Waals surface area contributed by atoms with Gasteiger partial charge in [-0.05, 0) is 159 Å². The lowest BCUT2D eigenvalue weighted by Gasteiger charge is -2.44. The zero-order valence-corrected chi connectivity index (χ0v) is 80.5. The first kappa shape index (κ1) is 103. The summed E-state index contributed by atoms with van der Waals surface area (Å²) in [6.07, 6.45) is 20.7. The van der Waals surface area contributed by atoms with Crippen molar-refractivity contribution in [2.24, 2.45) is 51.8 Å². The molecule has 0 unspecified atom stereocenters. The Kier molecular flexibility index (Phi) is 39.0. The molecule has 0 aromatic carbocycles. The standard InChI is InChI=1S/2C33H53NO5SSi.C27H39NO5S/c1-21-14-13-15-22(2)30(36)24(4)31(37)33(9,10)28(39-41(11,12)32(6,7)8)19-29(35)38-27(17-16-21)23(3)18-26-20-40-25(5)34-26;1-21-14-13-15-22(2)30(39-41(11,12)32(6,7)8)24(4)31(37)33(9,10)28(35)19-29(36)38-27(17-16-21)23(3)18-26-20-40-25(5)34-26;1-16-9-8-10-17(2)25(31)19(4)26(32)27(6,7)23(29)14-24(30)33-22(12-11-16)18(3)13-21-15-34-20(5)28-21/h13,15-16,18,20,22,24,27-28,30,36H,14,17,19H2,1-12H3;13,15-16,18,20,22,24,27-28,30,35H,14,17,19H2,1-12H3;8,10-11,13,15,17,19,22-23,25,29,31H,9,12,14H2,1-7H3/b2*15-13-,21-16-,23-18+;10-8-,16-11-,18-13+/t2*22-,24+,27-,28-,30-;17-,19+,22-,23-,25-/m000/s1. The van der Waals surface area contributed by atoms with Gasteiger partial charge in [-0.2, -0.15) is 0 Å². The van der Waals surface area contributed by atoms with Crippen LogP contribution in [0.15, 0.2) is 104 Å². The van der Waals surface area contributed by atoms with E-state index in [1.807, 2.05) is 155 Å². The van der Waals surface area contributed by atoms with Crippen molar-refractivity contribution in [1.29, 1.82) is 0 Å². The van der Waals surface area contributed by atoms with Crippen molar-refractivity contribution in [1.82, 2.24) is 15.0 Å². The molecule has 0 saturated heterocycles. The number of ketones is 3. The Hall–Kier alpha value is -5.84. The van der Waals surface area contributed by atoms with Gasteiger partial charge in [-0.25, -0.2) is 15.0 Å². The van der Waals surface area contributed by atoms with Gasteiger partial charge in [0.15, 0.2) is 16.6 Å². The van der Waals surface area contributed by atoms with E-state index in [9.17, 15) is 49.2 Å². The fraction of sp³-hybridized carbons (Fsp3) is 0.645. The van der Waals surface area contributed by atoms with Crippen LogP contribution in [-0.4, -0.2) is 142 Å². The molecule has 6 rings (SSSR count). The molecule has 6 heterocycles. The second kappa shape index (κ2) is 44.1. The van der Waals surface area contributed by atoms with Crippen molar-refractivity contribution >= 4 is 104 Å². The van der Waals surface area contributed by atoms with Crippen LogP contribution in [0.5, 0.6) is 0 Å². The number of aryl methyl sites for hydroxylation is 3. The van der Waals surface area contributed by atoms with Gasteiger partial charge in [-0.15, -0.1) is 34.0 Å². The largest absolute Gasteiger partial charge is 0.457 e. The van der Waals surface area contributed by atoms with Crippen LogP contribution in [0.2, 0.25) is 36.3 Å². The van der Waals surface area contributed by atoms with Crippen LogP contribution in [0, 0.1) is 72.5 Å². The molecule has 4 N–H and O–H groups in total. The maximum Gasteiger partial charge on any atom is 0.309 e. The fourth-order valence-corrected chi connectivity index (χ4v) is 18.2. The Balaban J connectivity index is 0.000000368. The molecule has 23 heteroatoms. The minimum atomic E-state index is -2.37. The molecule has 0 bridgehead atoms. The number of hydrogen-bond acceptors (Lipinski definition) is 21. The molecule has 648 valence electrons. The summed E-state index contributed by atoms with van der Waals surface area (Å²) >= 11 is 4.71. The van der Waals surface area contributed by atoms with E-state index in [1.165, 1.54) is 0 Å². The zero-order valence-electron chi connectivity index (χ0n) is 76.0. The van der Waals surface area contributed by atoms with Gasteiger partial charge in [-0.1, -0.05) is 196 Å². The summed E-state index contributed by atoms with van der Waals surface area (Å²) in [5, 5.41) is 52.6. The SMILES string of the molecule is C/C1=C/C[C@@H](/C(C)=C/c2csc(C)n2)OC(=O)C[C@H](O)C(C)(C)C(=O)[C@H](C)[C@@H](O)[C@@H](C)/C=C\C1.C/C1=C/C[C@@H](/C(C)=C/c2csc(C)n2)OC(=O)C[C@H](O)C(C)(C)C(=O)[C@H](C)[C@@H](O[Si](C)(C)C(C)(C)C)[C@@H](C)/C=C\C1.C/C1=C/C[C@@H](/C(C)=C/c2csc(C)n2)OC(=O)C[C@H](O[Si](C)(C)C(C)(C)C)C(C)(C)C(=O)[C@H](C)[C@@H](O)[C@@H](C)/C=C\C1. The molecule has 0 fully saturated rings. The smallest absolute Gasteiger partial charge is 0.309 e. The van der Waals surface area contributed by atoms with Crippen LogP contribution in [0.25, 0.3) is 18.2 Å². The van der Waals surface area contributed by atoms with Gasteiger partial charge in [0.05, 0.1) is 98.8 Å². The lowest BCUT2D eigenvalue weighted by atomic mass is 9.73. The van der Waals surface area contributed by atoms with Crippen LogP contribution >= 0.6 is 34.0 Å². The van der Waals surface area contributed by atoms with E-state index in [1.54, 1.807) is 75.6 Å². The number of ether oxygens (including phenoxy) is 3. The number of carbonyl (C=O) groups excluding carboxylic acids is 6. The van der Waals surface area contributed by atoms with Crippen LogP contribution < -0.4 is 0 Å². The molecule has 3 aliphatic heterocycles. The number of aromatic nitrogens is 3. The van der Waals surface area contributed by atoms with E-state index < -0.39 is 117 Å². The quantitative estimate of drug-likeness (QED) is 0.0636. The summed E-state index contributed by atoms with van der Waals surface area (Å²) in [6, 6.07) is 0. The number of rotatable bonds is 10. The van der Waals surface area contributed by atoms with Gasteiger partial charge in [-0.3, -0.25) is 28.8 Å². The highest BCUT2D eigenvalue weighted by atomic mass is 32.1. The Morgan fingerprint density at radius 1 is 0.448 bits per heavy atom. The van der Waals surface area contributed by atoms with Crippen molar-refractivity contribution in [3.63, 3.8) is 0 Å². The summed E-state index contributed by atoms with van der Waals surface area (Å²) in [7, 11) is -4.58. The second-order valence-corrected chi connectivity index (χ2v) is 50.5. The third-order valence-corrected chi connectivity index (χ3v) is 35.7. The number of Topliss-reactive ketones (excluding diaryl/α,β-unsaturated/α-hetero) is 3. The zero-order chi connectivity index (χ0) is 88.3. The third kappa shape index (κ3) is 30.4. The monoisotopic (exact) mass is 1700 g/mol. The maximum atomic E-state index is 14.0. The van der Waals surface area contributed by atoms with Crippen LogP contribution in [0.1, 0.15) is 256 Å². The van der Waals surface area contributed by atoms with Crippen LogP contribution in [0.4, 0.5) is 0 Å². The highest BCUT2D eigenvalue weighted by Gasteiger charge is 2.50. The lowest BCUT2D eigenvalue weighted by Crippen LogP contribution is -2.52. The molecule has 0 aliphatic carbocycles. The van der Waals surface area contributed by atoms with Crippen LogP contribution in [0.3, 0.4) is 0 Å². The Morgan fingerprint density at radius 2 is 0.733 bits per heavy atom. The molecular weight excluding hydrogens is 1550 g/mol. The highest BCUT2D eigenvalue weighted by Crippen LogP contribution is 2.45.